The zero-order valence-electron chi connectivity index (χ0n) is 12.9. The summed E-state index contributed by atoms with van der Waals surface area (Å²) in [7, 11) is 0.663. The van der Waals surface area contributed by atoms with Crippen molar-refractivity contribution >= 4 is 20.0 Å². The zero-order valence-corrected chi connectivity index (χ0v) is 13.9. The van der Waals surface area contributed by atoms with Gasteiger partial charge >= 0.3 is 0 Å². The molecule has 3 aromatic carbocycles. The molecular weight excluding hydrogens is 299 g/mol. The standard InChI is InChI=1S/C21H19OP/c1-2-16-11-13-17(14-12-16)15-23-21-10-6-4-8-19(21)18-7-3-5-9-20(18)22/h2-14,22-23H,1,15H2. The second-order valence-corrected chi connectivity index (χ2v) is 6.61. The van der Waals surface area contributed by atoms with Crippen LogP contribution in [0.3, 0.4) is 0 Å². The fourth-order valence-electron chi connectivity index (χ4n) is 2.54. The number of aromatic hydroxyl groups is 1. The molecule has 0 heterocycles. The Hall–Kier alpha value is -2.37. The monoisotopic (exact) mass is 318 g/mol. The molecule has 0 bridgehead atoms. The van der Waals surface area contributed by atoms with E-state index in [1.807, 2.05) is 30.3 Å². The molecule has 1 N–H and O–H groups in total. The van der Waals surface area contributed by atoms with Crippen molar-refractivity contribution in [2.75, 3.05) is 0 Å². The Bertz CT molecular complexity index is 806. The van der Waals surface area contributed by atoms with Gasteiger partial charge in [0, 0.05) is 5.56 Å². The third-order valence-electron chi connectivity index (χ3n) is 3.82. The van der Waals surface area contributed by atoms with E-state index < -0.39 is 0 Å². The number of hydrogen-bond donors (Lipinski definition) is 1. The Balaban J connectivity index is 1.83. The lowest BCUT2D eigenvalue weighted by molar-refractivity contribution is 0.477. The highest BCUT2D eigenvalue weighted by Crippen LogP contribution is 2.31. The van der Waals surface area contributed by atoms with Crippen molar-refractivity contribution in [3.05, 3.63) is 90.5 Å². The van der Waals surface area contributed by atoms with Crippen molar-refractivity contribution in [2.24, 2.45) is 0 Å². The van der Waals surface area contributed by atoms with Crippen LogP contribution in [0.2, 0.25) is 0 Å². The summed E-state index contributed by atoms with van der Waals surface area (Å²) in [6.45, 7) is 3.79. The SMILES string of the molecule is C=Cc1ccc(CPc2ccccc2-c2ccccc2O)cc1. The third-order valence-corrected chi connectivity index (χ3v) is 5.22. The minimum Gasteiger partial charge on any atom is -0.507 e. The van der Waals surface area contributed by atoms with Gasteiger partial charge in [-0.15, -0.1) is 0 Å². The number of benzene rings is 3. The van der Waals surface area contributed by atoms with Crippen molar-refractivity contribution in [3.8, 4) is 16.9 Å². The predicted molar refractivity (Wildman–Crippen MR) is 102 cm³/mol. The van der Waals surface area contributed by atoms with Crippen LogP contribution >= 0.6 is 8.58 Å². The molecule has 0 aromatic heterocycles. The van der Waals surface area contributed by atoms with Gasteiger partial charge in [-0.2, -0.15) is 0 Å². The molecule has 3 aromatic rings. The zero-order chi connectivity index (χ0) is 16.1. The topological polar surface area (TPSA) is 20.2 Å². The minimum absolute atomic E-state index is 0.333. The number of phenols is 1. The summed E-state index contributed by atoms with van der Waals surface area (Å²) in [5.41, 5.74) is 4.48. The second-order valence-electron chi connectivity index (χ2n) is 5.36. The second kappa shape index (κ2) is 7.26. The van der Waals surface area contributed by atoms with Gasteiger partial charge < -0.3 is 5.11 Å². The van der Waals surface area contributed by atoms with Gasteiger partial charge in [0.15, 0.2) is 0 Å². The first-order chi connectivity index (χ1) is 11.3. The van der Waals surface area contributed by atoms with Crippen molar-refractivity contribution in [1.82, 2.24) is 0 Å². The van der Waals surface area contributed by atoms with E-state index >= 15 is 0 Å². The highest BCUT2D eigenvalue weighted by Gasteiger charge is 2.08. The smallest absolute Gasteiger partial charge is 0.123 e. The lowest BCUT2D eigenvalue weighted by Gasteiger charge is -2.11. The highest BCUT2D eigenvalue weighted by atomic mass is 31.1. The summed E-state index contributed by atoms with van der Waals surface area (Å²) in [5, 5.41) is 11.4. The first-order valence-corrected chi connectivity index (χ1v) is 8.81. The Kier molecular flexibility index (Phi) is 4.90. The molecule has 3 rings (SSSR count). The first kappa shape index (κ1) is 15.5. The van der Waals surface area contributed by atoms with Gasteiger partial charge in [0.25, 0.3) is 0 Å². The van der Waals surface area contributed by atoms with E-state index in [0.29, 0.717) is 14.3 Å². The van der Waals surface area contributed by atoms with Gasteiger partial charge in [0.2, 0.25) is 0 Å². The average molecular weight is 318 g/mol. The number of para-hydroxylation sites is 1. The van der Waals surface area contributed by atoms with E-state index in [1.165, 1.54) is 10.9 Å². The lowest BCUT2D eigenvalue weighted by atomic mass is 10.0. The van der Waals surface area contributed by atoms with Gasteiger partial charge in [-0.05, 0) is 34.2 Å². The van der Waals surface area contributed by atoms with Gasteiger partial charge in [0.1, 0.15) is 5.75 Å². The van der Waals surface area contributed by atoms with Gasteiger partial charge in [-0.25, -0.2) is 0 Å². The Morgan fingerprint density at radius 1 is 0.826 bits per heavy atom. The Morgan fingerprint density at radius 2 is 1.48 bits per heavy atom. The number of rotatable bonds is 5. The first-order valence-electron chi connectivity index (χ1n) is 7.60. The number of hydrogen-bond acceptors (Lipinski definition) is 1. The fraction of sp³-hybridized carbons (Fsp3) is 0.0476. The molecule has 0 amide bonds. The molecule has 1 unspecified atom stereocenters. The maximum absolute atomic E-state index is 10.1. The molecule has 114 valence electrons. The van der Waals surface area contributed by atoms with E-state index in [1.54, 1.807) is 6.07 Å². The van der Waals surface area contributed by atoms with E-state index in [0.717, 1.165) is 22.9 Å². The molecule has 0 radical (unpaired) electrons. The summed E-state index contributed by atoms with van der Waals surface area (Å²) in [6.07, 6.45) is 2.86. The highest BCUT2D eigenvalue weighted by molar-refractivity contribution is 7.46. The van der Waals surface area contributed by atoms with Crippen LogP contribution in [0.4, 0.5) is 0 Å². The van der Waals surface area contributed by atoms with Crippen LogP contribution in [0.5, 0.6) is 5.75 Å². The summed E-state index contributed by atoms with van der Waals surface area (Å²) in [4.78, 5) is 0. The van der Waals surface area contributed by atoms with Crippen LogP contribution in [-0.2, 0) is 6.16 Å². The molecule has 0 aliphatic rings. The molecule has 0 aliphatic carbocycles. The van der Waals surface area contributed by atoms with E-state index in [2.05, 4.69) is 49.0 Å². The molecule has 23 heavy (non-hydrogen) atoms. The molecule has 2 heteroatoms. The summed E-state index contributed by atoms with van der Waals surface area (Å²) >= 11 is 0. The lowest BCUT2D eigenvalue weighted by Crippen LogP contribution is -2.00. The summed E-state index contributed by atoms with van der Waals surface area (Å²) in [5.74, 6) is 0.333. The van der Waals surface area contributed by atoms with Crippen molar-refractivity contribution < 1.29 is 5.11 Å². The molecule has 1 nitrogen and oxygen atoms in total. The normalized spacial score (nSPS) is 11.0. The average Bonchev–Trinajstić information content (AvgIpc) is 2.61. The van der Waals surface area contributed by atoms with Crippen LogP contribution < -0.4 is 5.30 Å². The summed E-state index contributed by atoms with van der Waals surface area (Å²) < 4.78 is 0. The molecule has 0 aliphatic heterocycles. The van der Waals surface area contributed by atoms with Crippen molar-refractivity contribution in [1.29, 1.82) is 0 Å². The maximum atomic E-state index is 10.1. The van der Waals surface area contributed by atoms with E-state index in [-0.39, 0.29) is 0 Å². The molecule has 1 atom stereocenters. The maximum Gasteiger partial charge on any atom is 0.123 e. The summed E-state index contributed by atoms with van der Waals surface area (Å²) in [6, 6.07) is 24.4. The molecule has 0 saturated heterocycles. The van der Waals surface area contributed by atoms with E-state index in [9.17, 15) is 5.11 Å². The molecule has 0 fully saturated rings. The molecular formula is C21H19OP. The number of phenolic OH excluding ortho intramolecular Hbond substituents is 1. The quantitative estimate of drug-likeness (QED) is 0.641. The van der Waals surface area contributed by atoms with Crippen LogP contribution in [0.15, 0.2) is 79.4 Å². The van der Waals surface area contributed by atoms with Gasteiger partial charge in [0.05, 0.1) is 0 Å². The molecule has 0 spiro atoms. The molecule has 0 saturated carbocycles. The van der Waals surface area contributed by atoms with Crippen molar-refractivity contribution in [2.45, 2.75) is 6.16 Å². The largest absolute Gasteiger partial charge is 0.507 e. The van der Waals surface area contributed by atoms with Crippen molar-refractivity contribution in [3.63, 3.8) is 0 Å². The fourth-order valence-corrected chi connectivity index (χ4v) is 3.80. The Labute approximate surface area is 139 Å². The minimum atomic E-state index is 0.333. The van der Waals surface area contributed by atoms with Crippen LogP contribution in [0, 0.1) is 0 Å². The predicted octanol–water partition coefficient (Wildman–Crippen LogP) is 5.21. The van der Waals surface area contributed by atoms with Gasteiger partial charge in [-0.3, -0.25) is 0 Å². The van der Waals surface area contributed by atoms with Crippen LogP contribution in [-0.4, -0.2) is 5.11 Å². The Morgan fingerprint density at radius 3 is 2.17 bits per heavy atom. The van der Waals surface area contributed by atoms with Crippen LogP contribution in [0.1, 0.15) is 11.1 Å². The third kappa shape index (κ3) is 3.70. The van der Waals surface area contributed by atoms with E-state index in [4.69, 9.17) is 0 Å². The van der Waals surface area contributed by atoms with Gasteiger partial charge in [-0.1, -0.05) is 88.0 Å². The van der Waals surface area contributed by atoms with Crippen LogP contribution in [0.25, 0.3) is 17.2 Å².